The summed E-state index contributed by atoms with van der Waals surface area (Å²) in [6, 6.07) is 5.47. The minimum atomic E-state index is -0.0491. The lowest BCUT2D eigenvalue weighted by Crippen LogP contribution is -2.06. The van der Waals surface area contributed by atoms with E-state index in [2.05, 4.69) is 15.1 Å². The van der Waals surface area contributed by atoms with E-state index in [9.17, 15) is 0 Å². The van der Waals surface area contributed by atoms with E-state index in [0.717, 1.165) is 5.56 Å². The number of rotatable bonds is 2. The summed E-state index contributed by atoms with van der Waals surface area (Å²) in [6.45, 7) is 1.89. The van der Waals surface area contributed by atoms with E-state index >= 15 is 0 Å². The number of hydrogen-bond acceptors (Lipinski definition) is 5. The van der Waals surface area contributed by atoms with Crippen molar-refractivity contribution in [2.75, 3.05) is 0 Å². The largest absolute Gasteiger partial charge is 0.324 e. The van der Waals surface area contributed by atoms with Gasteiger partial charge in [0.1, 0.15) is 12.4 Å². The minimum Gasteiger partial charge on any atom is -0.324 e. The number of nitrogens with two attached hydrogens (primary N) is 1. The lowest BCUT2D eigenvalue weighted by molar-refractivity contribution is 0.795. The van der Waals surface area contributed by atoms with E-state index < -0.39 is 0 Å². The van der Waals surface area contributed by atoms with Crippen LogP contribution in [0.4, 0.5) is 0 Å². The van der Waals surface area contributed by atoms with Crippen LogP contribution < -0.4 is 5.73 Å². The summed E-state index contributed by atoms with van der Waals surface area (Å²) >= 11 is 0. The summed E-state index contributed by atoms with van der Waals surface area (Å²) in [6.07, 6.45) is 3.14. The first-order chi connectivity index (χ1) is 7.70. The average Bonchev–Trinajstić information content (AvgIpc) is 2.77. The lowest BCUT2D eigenvalue weighted by atomic mass is 10.2. The molecule has 2 rings (SSSR count). The molecule has 6 nitrogen and oxygen atoms in total. The topological polar surface area (TPSA) is 93.4 Å². The van der Waals surface area contributed by atoms with Crippen LogP contribution in [0.2, 0.25) is 0 Å². The Morgan fingerprint density at radius 1 is 1.44 bits per heavy atom. The van der Waals surface area contributed by atoms with Gasteiger partial charge in [-0.3, -0.25) is 0 Å². The van der Waals surface area contributed by atoms with Crippen molar-refractivity contribution in [1.29, 1.82) is 5.26 Å². The number of aromatic nitrogens is 4. The van der Waals surface area contributed by atoms with Crippen molar-refractivity contribution in [3.8, 4) is 11.9 Å². The highest BCUT2D eigenvalue weighted by atomic mass is 15.4. The molecule has 2 heterocycles. The predicted octanol–water partition coefficient (Wildman–Crippen LogP) is 0.554. The molecule has 0 spiro atoms. The zero-order valence-corrected chi connectivity index (χ0v) is 8.70. The monoisotopic (exact) mass is 214 g/mol. The fourth-order valence-corrected chi connectivity index (χ4v) is 1.23. The van der Waals surface area contributed by atoms with Gasteiger partial charge in [0.15, 0.2) is 5.82 Å². The Morgan fingerprint density at radius 2 is 2.25 bits per heavy atom. The molecule has 2 aromatic heterocycles. The van der Waals surface area contributed by atoms with Crippen molar-refractivity contribution < 1.29 is 0 Å². The quantitative estimate of drug-likeness (QED) is 0.788. The smallest absolute Gasteiger partial charge is 0.252 e. The molecule has 0 saturated heterocycles. The van der Waals surface area contributed by atoms with Gasteiger partial charge in [-0.25, -0.2) is 14.6 Å². The normalized spacial score (nSPS) is 12.1. The van der Waals surface area contributed by atoms with Gasteiger partial charge in [-0.05, 0) is 18.6 Å². The third kappa shape index (κ3) is 1.89. The maximum Gasteiger partial charge on any atom is 0.252 e. The number of pyridine rings is 1. The molecule has 0 fully saturated rings. The van der Waals surface area contributed by atoms with E-state index in [4.69, 9.17) is 11.0 Å². The Morgan fingerprint density at radius 3 is 2.75 bits per heavy atom. The Hall–Kier alpha value is -2.26. The summed E-state index contributed by atoms with van der Waals surface area (Å²) in [7, 11) is 0. The standard InChI is InChI=1S/C10H10N6/c1-7(12)8-2-3-10(13-5-8)16-6-14-9(4-11)15-16/h2-3,5-7H,12H2,1H3. The van der Waals surface area contributed by atoms with E-state index in [0.29, 0.717) is 5.82 Å². The minimum absolute atomic E-state index is 0.0491. The highest BCUT2D eigenvalue weighted by molar-refractivity contribution is 5.26. The molecule has 0 amide bonds. The van der Waals surface area contributed by atoms with Gasteiger partial charge in [0.05, 0.1) is 0 Å². The van der Waals surface area contributed by atoms with E-state index in [-0.39, 0.29) is 11.9 Å². The van der Waals surface area contributed by atoms with Crippen LogP contribution >= 0.6 is 0 Å². The Labute approximate surface area is 92.4 Å². The van der Waals surface area contributed by atoms with Gasteiger partial charge in [0.2, 0.25) is 0 Å². The highest BCUT2D eigenvalue weighted by Crippen LogP contribution is 2.09. The van der Waals surface area contributed by atoms with Crippen LogP contribution in [-0.4, -0.2) is 19.7 Å². The van der Waals surface area contributed by atoms with Gasteiger partial charge >= 0.3 is 0 Å². The molecule has 0 aliphatic heterocycles. The molecule has 0 aromatic carbocycles. The molecule has 2 N–H and O–H groups in total. The number of nitrogens with zero attached hydrogens (tertiary/aromatic N) is 5. The zero-order valence-electron chi connectivity index (χ0n) is 8.70. The van der Waals surface area contributed by atoms with Gasteiger partial charge in [0.25, 0.3) is 5.82 Å². The molecule has 0 bridgehead atoms. The second-order valence-corrected chi connectivity index (χ2v) is 3.36. The highest BCUT2D eigenvalue weighted by Gasteiger charge is 2.04. The van der Waals surface area contributed by atoms with Gasteiger partial charge in [-0.1, -0.05) is 6.07 Å². The molecular weight excluding hydrogens is 204 g/mol. The second-order valence-electron chi connectivity index (χ2n) is 3.36. The van der Waals surface area contributed by atoms with Crippen LogP contribution in [-0.2, 0) is 0 Å². The number of hydrogen-bond donors (Lipinski definition) is 1. The van der Waals surface area contributed by atoms with Gasteiger partial charge in [-0.2, -0.15) is 5.26 Å². The summed E-state index contributed by atoms with van der Waals surface area (Å²) in [5.74, 6) is 0.733. The van der Waals surface area contributed by atoms with Gasteiger partial charge in [0, 0.05) is 12.2 Å². The molecule has 80 valence electrons. The van der Waals surface area contributed by atoms with Crippen LogP contribution in [0.3, 0.4) is 0 Å². The van der Waals surface area contributed by atoms with Crippen LogP contribution in [0, 0.1) is 11.3 Å². The van der Waals surface area contributed by atoms with Crippen molar-refractivity contribution >= 4 is 0 Å². The summed E-state index contributed by atoms with van der Waals surface area (Å²) in [4.78, 5) is 7.98. The molecule has 1 unspecified atom stereocenters. The lowest BCUT2D eigenvalue weighted by Gasteiger charge is -2.05. The first-order valence-electron chi connectivity index (χ1n) is 4.74. The third-order valence-electron chi connectivity index (χ3n) is 2.12. The third-order valence-corrected chi connectivity index (χ3v) is 2.12. The maximum atomic E-state index is 8.59. The van der Waals surface area contributed by atoms with Crippen molar-refractivity contribution in [3.05, 3.63) is 36.0 Å². The molecule has 0 aliphatic carbocycles. The molecular formula is C10H10N6. The fourth-order valence-electron chi connectivity index (χ4n) is 1.23. The molecule has 6 heteroatoms. The maximum absolute atomic E-state index is 8.59. The molecule has 1 atom stereocenters. The molecule has 16 heavy (non-hydrogen) atoms. The van der Waals surface area contributed by atoms with Crippen LogP contribution in [0.15, 0.2) is 24.7 Å². The van der Waals surface area contributed by atoms with Crippen molar-refractivity contribution in [3.63, 3.8) is 0 Å². The van der Waals surface area contributed by atoms with Gasteiger partial charge in [-0.15, -0.1) is 5.10 Å². The van der Waals surface area contributed by atoms with Crippen LogP contribution in [0.1, 0.15) is 24.4 Å². The Balaban J connectivity index is 2.31. The first kappa shape index (κ1) is 10.3. The van der Waals surface area contributed by atoms with Crippen LogP contribution in [0.5, 0.6) is 0 Å². The van der Waals surface area contributed by atoms with E-state index in [1.54, 1.807) is 12.3 Å². The first-order valence-corrected chi connectivity index (χ1v) is 4.74. The summed E-state index contributed by atoms with van der Waals surface area (Å²) in [5, 5.41) is 12.5. The van der Waals surface area contributed by atoms with Gasteiger partial charge < -0.3 is 5.73 Å². The Bertz CT molecular complexity index is 519. The second kappa shape index (κ2) is 4.08. The van der Waals surface area contributed by atoms with Crippen molar-refractivity contribution in [2.24, 2.45) is 5.73 Å². The molecule has 0 radical (unpaired) electrons. The van der Waals surface area contributed by atoms with Crippen molar-refractivity contribution in [1.82, 2.24) is 19.7 Å². The zero-order chi connectivity index (χ0) is 11.5. The molecule has 0 aliphatic rings. The van der Waals surface area contributed by atoms with E-state index in [1.807, 2.05) is 19.1 Å². The van der Waals surface area contributed by atoms with Crippen LogP contribution in [0.25, 0.3) is 5.82 Å². The Kier molecular flexibility index (Phi) is 2.62. The SMILES string of the molecule is CC(N)c1ccc(-n2cnc(C#N)n2)nc1. The molecule has 2 aromatic rings. The van der Waals surface area contributed by atoms with Crippen molar-refractivity contribution in [2.45, 2.75) is 13.0 Å². The average molecular weight is 214 g/mol. The predicted molar refractivity (Wildman–Crippen MR) is 56.5 cm³/mol. The summed E-state index contributed by atoms with van der Waals surface area (Å²) < 4.78 is 1.45. The summed E-state index contributed by atoms with van der Waals surface area (Å²) in [5.41, 5.74) is 6.66. The molecule has 0 saturated carbocycles. The fraction of sp³-hybridized carbons (Fsp3) is 0.200. The number of nitriles is 1. The van der Waals surface area contributed by atoms with E-state index in [1.165, 1.54) is 11.0 Å².